The fourth-order valence-electron chi connectivity index (χ4n) is 3.19. The zero-order chi connectivity index (χ0) is 20.4. The third kappa shape index (κ3) is 3.67. The number of carbonyl (C=O) groups is 1. The van der Waals surface area contributed by atoms with Crippen molar-refractivity contribution in [2.75, 3.05) is 19.5 Å². The van der Waals surface area contributed by atoms with E-state index in [1.54, 1.807) is 29.5 Å². The summed E-state index contributed by atoms with van der Waals surface area (Å²) in [5.74, 6) is 0.645. The molecule has 0 bridgehead atoms. The van der Waals surface area contributed by atoms with E-state index in [0.29, 0.717) is 17.1 Å². The number of anilines is 1. The number of nitrogens with zero attached hydrogens (tertiary/aromatic N) is 1. The lowest BCUT2D eigenvalue weighted by molar-refractivity contribution is 0.102. The third-order valence-electron chi connectivity index (χ3n) is 4.67. The number of aromatic nitrogens is 1. The molecule has 1 amide bonds. The first kappa shape index (κ1) is 19.0. The number of nitrogens with one attached hydrogen (secondary N) is 1. The maximum Gasteiger partial charge on any atom is 0.263 e. The second-order valence-electron chi connectivity index (χ2n) is 6.51. The van der Waals surface area contributed by atoms with Crippen molar-refractivity contribution >= 4 is 33.1 Å². The summed E-state index contributed by atoms with van der Waals surface area (Å²) >= 11 is 1.65. The number of hydrogen-bond acceptors (Lipinski definition) is 5. The van der Waals surface area contributed by atoms with E-state index in [4.69, 9.17) is 14.5 Å². The first-order valence-corrected chi connectivity index (χ1v) is 9.91. The highest BCUT2D eigenvalue weighted by molar-refractivity contribution is 7.21. The Morgan fingerprint density at radius 2 is 1.69 bits per heavy atom. The monoisotopic (exact) mass is 404 g/mol. The average Bonchev–Trinajstić information content (AvgIpc) is 3.18. The highest BCUT2D eigenvalue weighted by Crippen LogP contribution is 2.33. The maximum atomic E-state index is 12.9. The van der Waals surface area contributed by atoms with Crippen molar-refractivity contribution in [3.8, 4) is 22.1 Å². The summed E-state index contributed by atoms with van der Waals surface area (Å²) in [7, 11) is 3.06. The van der Waals surface area contributed by atoms with Crippen LogP contribution in [-0.2, 0) is 0 Å². The Kier molecular flexibility index (Phi) is 5.18. The summed E-state index contributed by atoms with van der Waals surface area (Å²) in [4.78, 5) is 17.6. The number of benzene rings is 3. The summed E-state index contributed by atoms with van der Waals surface area (Å²) in [5.41, 5.74) is 4.06. The van der Waals surface area contributed by atoms with Crippen molar-refractivity contribution in [3.63, 3.8) is 0 Å². The van der Waals surface area contributed by atoms with Crippen molar-refractivity contribution in [2.45, 2.75) is 6.92 Å². The molecule has 1 heterocycles. The lowest BCUT2D eigenvalue weighted by Crippen LogP contribution is -2.15. The molecule has 4 rings (SSSR count). The van der Waals surface area contributed by atoms with Gasteiger partial charge in [-0.1, -0.05) is 18.2 Å². The van der Waals surface area contributed by atoms with Crippen molar-refractivity contribution in [1.82, 2.24) is 4.98 Å². The molecule has 0 radical (unpaired) electrons. The second kappa shape index (κ2) is 7.93. The molecule has 5 nitrogen and oxygen atoms in total. The number of para-hydroxylation sites is 1. The molecule has 0 saturated heterocycles. The molecule has 0 fully saturated rings. The van der Waals surface area contributed by atoms with Gasteiger partial charge in [-0.25, -0.2) is 4.98 Å². The molecule has 0 aliphatic carbocycles. The van der Waals surface area contributed by atoms with E-state index in [2.05, 4.69) is 11.4 Å². The number of rotatable bonds is 5. The van der Waals surface area contributed by atoms with Crippen LogP contribution < -0.4 is 14.8 Å². The van der Waals surface area contributed by atoms with Crippen LogP contribution in [0.25, 0.3) is 20.8 Å². The van der Waals surface area contributed by atoms with Crippen molar-refractivity contribution < 1.29 is 14.3 Å². The van der Waals surface area contributed by atoms with Crippen LogP contribution in [0.15, 0.2) is 60.7 Å². The molecule has 29 heavy (non-hydrogen) atoms. The Balaban J connectivity index is 1.63. The number of ether oxygens (including phenoxy) is 2. The molecule has 1 aromatic heterocycles. The number of amides is 1. The summed E-state index contributed by atoms with van der Waals surface area (Å²) in [6.45, 7) is 1.96. The molecule has 3 aromatic carbocycles. The van der Waals surface area contributed by atoms with E-state index in [1.807, 2.05) is 43.3 Å². The Morgan fingerprint density at radius 1 is 0.966 bits per heavy atom. The number of hydrogen-bond donors (Lipinski definition) is 1. The van der Waals surface area contributed by atoms with Crippen LogP contribution in [0, 0.1) is 6.92 Å². The van der Waals surface area contributed by atoms with Crippen LogP contribution in [-0.4, -0.2) is 25.1 Å². The molecule has 4 aromatic rings. The van der Waals surface area contributed by atoms with Crippen LogP contribution in [0.5, 0.6) is 11.5 Å². The third-order valence-corrected chi connectivity index (χ3v) is 5.76. The minimum absolute atomic E-state index is 0.282. The molecule has 0 unspecified atom stereocenters. The van der Waals surface area contributed by atoms with Gasteiger partial charge >= 0.3 is 0 Å². The zero-order valence-corrected chi connectivity index (χ0v) is 17.2. The molecule has 0 spiro atoms. The molecular weight excluding hydrogens is 384 g/mol. The topological polar surface area (TPSA) is 60.5 Å². The van der Waals surface area contributed by atoms with E-state index in [-0.39, 0.29) is 5.91 Å². The quantitative estimate of drug-likeness (QED) is 0.474. The van der Waals surface area contributed by atoms with Gasteiger partial charge in [-0.3, -0.25) is 4.79 Å². The molecule has 0 aliphatic rings. The Morgan fingerprint density at radius 3 is 2.34 bits per heavy atom. The van der Waals surface area contributed by atoms with Crippen LogP contribution >= 0.6 is 11.3 Å². The normalized spacial score (nSPS) is 10.7. The lowest BCUT2D eigenvalue weighted by atomic mass is 10.1. The van der Waals surface area contributed by atoms with Crippen molar-refractivity contribution in [2.24, 2.45) is 0 Å². The molecule has 0 saturated carbocycles. The SMILES string of the molecule is COc1cccc(OC)c1C(=O)Nc1ccc(-c2nc3ccccc3s2)cc1C. The zero-order valence-electron chi connectivity index (χ0n) is 16.4. The fourth-order valence-corrected chi connectivity index (χ4v) is 4.15. The second-order valence-corrected chi connectivity index (χ2v) is 7.54. The molecule has 1 N–H and O–H groups in total. The average molecular weight is 404 g/mol. The molecule has 6 heteroatoms. The minimum Gasteiger partial charge on any atom is -0.496 e. The minimum atomic E-state index is -0.282. The number of aryl methyl sites for hydroxylation is 1. The standard InChI is InChI=1S/C23H20N2O3S/c1-14-13-15(23-25-17-7-4-5-10-20(17)29-23)11-12-16(14)24-22(26)21-18(27-2)8-6-9-19(21)28-3/h4-13H,1-3H3,(H,24,26). The summed E-state index contributed by atoms with van der Waals surface area (Å²) < 4.78 is 11.8. The number of fused-ring (bicyclic) bond motifs is 1. The van der Waals surface area contributed by atoms with Gasteiger partial charge in [0.1, 0.15) is 22.1 Å². The van der Waals surface area contributed by atoms with E-state index in [0.717, 1.165) is 32.0 Å². The largest absolute Gasteiger partial charge is 0.496 e. The number of methoxy groups -OCH3 is 2. The Labute approximate surface area is 172 Å². The van der Waals surface area contributed by atoms with Gasteiger partial charge in [0, 0.05) is 11.3 Å². The van der Waals surface area contributed by atoms with Crippen LogP contribution in [0.4, 0.5) is 5.69 Å². The van der Waals surface area contributed by atoms with E-state index in [9.17, 15) is 4.79 Å². The summed E-state index contributed by atoms with van der Waals surface area (Å²) in [6, 6.07) is 19.2. The Bertz CT molecular complexity index is 1140. The molecular formula is C23H20N2O3S. The van der Waals surface area contributed by atoms with Crippen LogP contribution in [0.3, 0.4) is 0 Å². The molecule has 0 atom stereocenters. The van der Waals surface area contributed by atoms with Gasteiger partial charge in [-0.2, -0.15) is 0 Å². The first-order chi connectivity index (χ1) is 14.1. The predicted octanol–water partition coefficient (Wildman–Crippen LogP) is 5.54. The van der Waals surface area contributed by atoms with Crippen molar-refractivity contribution in [1.29, 1.82) is 0 Å². The van der Waals surface area contributed by atoms with Gasteiger partial charge in [0.2, 0.25) is 0 Å². The highest BCUT2D eigenvalue weighted by atomic mass is 32.1. The van der Waals surface area contributed by atoms with E-state index < -0.39 is 0 Å². The number of carbonyl (C=O) groups excluding carboxylic acids is 1. The lowest BCUT2D eigenvalue weighted by Gasteiger charge is -2.14. The number of thiazole rings is 1. The Hall–Kier alpha value is -3.38. The van der Waals surface area contributed by atoms with Gasteiger partial charge in [0.15, 0.2) is 0 Å². The van der Waals surface area contributed by atoms with Crippen molar-refractivity contribution in [3.05, 3.63) is 71.8 Å². The van der Waals surface area contributed by atoms with Gasteiger partial charge in [0.25, 0.3) is 5.91 Å². The van der Waals surface area contributed by atoms with E-state index in [1.165, 1.54) is 14.2 Å². The summed E-state index contributed by atoms with van der Waals surface area (Å²) in [5, 5.41) is 3.92. The van der Waals surface area contributed by atoms with Gasteiger partial charge in [-0.15, -0.1) is 11.3 Å². The highest BCUT2D eigenvalue weighted by Gasteiger charge is 2.19. The predicted molar refractivity (Wildman–Crippen MR) is 117 cm³/mol. The van der Waals surface area contributed by atoms with Gasteiger partial charge in [0.05, 0.1) is 24.4 Å². The summed E-state index contributed by atoms with van der Waals surface area (Å²) in [6.07, 6.45) is 0. The molecule has 0 aliphatic heterocycles. The maximum absolute atomic E-state index is 12.9. The van der Waals surface area contributed by atoms with Crippen LogP contribution in [0.2, 0.25) is 0 Å². The first-order valence-electron chi connectivity index (χ1n) is 9.09. The smallest absolute Gasteiger partial charge is 0.263 e. The van der Waals surface area contributed by atoms with Crippen LogP contribution in [0.1, 0.15) is 15.9 Å². The molecule has 146 valence electrons. The van der Waals surface area contributed by atoms with E-state index >= 15 is 0 Å². The van der Waals surface area contributed by atoms with Gasteiger partial charge < -0.3 is 14.8 Å². The van der Waals surface area contributed by atoms with Gasteiger partial charge in [-0.05, 0) is 55.0 Å². The fraction of sp³-hybridized carbons (Fsp3) is 0.130.